The van der Waals surface area contributed by atoms with Crippen molar-refractivity contribution in [1.29, 1.82) is 0 Å². The van der Waals surface area contributed by atoms with E-state index in [2.05, 4.69) is 29.5 Å². The van der Waals surface area contributed by atoms with Crippen molar-refractivity contribution in [2.45, 2.75) is 33.1 Å². The van der Waals surface area contributed by atoms with E-state index in [1.165, 1.54) is 12.8 Å². The largest absolute Gasteiger partial charge is 0.469 e. The molecule has 1 aromatic heterocycles. The van der Waals surface area contributed by atoms with Crippen molar-refractivity contribution in [1.82, 2.24) is 10.6 Å². The van der Waals surface area contributed by atoms with Crippen molar-refractivity contribution in [2.24, 2.45) is 16.8 Å². The summed E-state index contributed by atoms with van der Waals surface area (Å²) >= 11 is 0. The summed E-state index contributed by atoms with van der Waals surface area (Å²) in [7, 11) is 0. The van der Waals surface area contributed by atoms with Gasteiger partial charge in [0.15, 0.2) is 5.96 Å². The second-order valence-electron chi connectivity index (χ2n) is 5.66. The van der Waals surface area contributed by atoms with Gasteiger partial charge in [0.25, 0.3) is 0 Å². The van der Waals surface area contributed by atoms with Crippen LogP contribution in [0.15, 0.2) is 27.8 Å². The van der Waals surface area contributed by atoms with Gasteiger partial charge in [0.1, 0.15) is 5.76 Å². The highest BCUT2D eigenvalue weighted by Gasteiger charge is 2.21. The van der Waals surface area contributed by atoms with E-state index >= 15 is 0 Å². The normalized spacial score (nSPS) is 15.8. The van der Waals surface area contributed by atoms with E-state index in [-0.39, 0.29) is 0 Å². The van der Waals surface area contributed by atoms with Crippen molar-refractivity contribution < 1.29 is 4.42 Å². The number of rotatable bonds is 7. The maximum absolute atomic E-state index is 5.32. The first-order valence-electron chi connectivity index (χ1n) is 7.28. The van der Waals surface area contributed by atoms with Gasteiger partial charge >= 0.3 is 0 Å². The molecule has 0 spiro atoms. The van der Waals surface area contributed by atoms with Crippen molar-refractivity contribution >= 4 is 5.96 Å². The first-order chi connectivity index (χ1) is 9.24. The Morgan fingerprint density at radius 1 is 1.42 bits per heavy atom. The van der Waals surface area contributed by atoms with Gasteiger partial charge in [-0.25, -0.2) is 0 Å². The zero-order valence-electron chi connectivity index (χ0n) is 12.0. The molecule has 1 heterocycles. The smallest absolute Gasteiger partial charge is 0.191 e. The molecule has 0 radical (unpaired) electrons. The van der Waals surface area contributed by atoms with Gasteiger partial charge in [0, 0.05) is 26.1 Å². The van der Waals surface area contributed by atoms with Crippen LogP contribution in [0.1, 0.15) is 32.4 Å². The third-order valence-electron chi connectivity index (χ3n) is 3.11. The van der Waals surface area contributed by atoms with Gasteiger partial charge in [0.2, 0.25) is 0 Å². The Morgan fingerprint density at radius 2 is 2.26 bits per heavy atom. The molecule has 106 valence electrons. The average molecular weight is 263 g/mol. The molecule has 2 rings (SSSR count). The molecule has 0 unspecified atom stereocenters. The van der Waals surface area contributed by atoms with Crippen LogP contribution in [0.3, 0.4) is 0 Å². The summed E-state index contributed by atoms with van der Waals surface area (Å²) in [6.07, 6.45) is 5.32. The Hall–Kier alpha value is -1.45. The van der Waals surface area contributed by atoms with E-state index in [1.54, 1.807) is 6.26 Å². The molecule has 0 aromatic carbocycles. The third kappa shape index (κ3) is 5.81. The number of hydrogen-bond acceptors (Lipinski definition) is 2. The molecule has 0 saturated heterocycles. The highest BCUT2D eigenvalue weighted by molar-refractivity contribution is 5.79. The Bertz CT molecular complexity index is 380. The Labute approximate surface area is 115 Å². The van der Waals surface area contributed by atoms with Crippen molar-refractivity contribution in [3.8, 4) is 0 Å². The van der Waals surface area contributed by atoms with Crippen molar-refractivity contribution in [2.75, 3.05) is 19.6 Å². The number of aliphatic imine (C=N–C) groups is 1. The predicted molar refractivity (Wildman–Crippen MR) is 78.3 cm³/mol. The van der Waals surface area contributed by atoms with E-state index in [0.29, 0.717) is 5.92 Å². The fraction of sp³-hybridized carbons (Fsp3) is 0.667. The zero-order valence-corrected chi connectivity index (χ0v) is 12.0. The summed E-state index contributed by atoms with van der Waals surface area (Å²) in [4.78, 5) is 4.61. The zero-order chi connectivity index (χ0) is 13.5. The van der Waals surface area contributed by atoms with Gasteiger partial charge in [-0.1, -0.05) is 13.8 Å². The topological polar surface area (TPSA) is 49.6 Å². The lowest BCUT2D eigenvalue weighted by Gasteiger charge is -2.12. The Morgan fingerprint density at radius 3 is 2.89 bits per heavy atom. The lowest BCUT2D eigenvalue weighted by Crippen LogP contribution is -2.39. The number of guanidine groups is 1. The van der Waals surface area contributed by atoms with Gasteiger partial charge < -0.3 is 15.1 Å². The van der Waals surface area contributed by atoms with Crippen LogP contribution in [-0.4, -0.2) is 25.6 Å². The average Bonchev–Trinajstić information content (AvgIpc) is 3.07. The molecule has 0 atom stereocenters. The van der Waals surface area contributed by atoms with Gasteiger partial charge in [-0.05, 0) is 36.8 Å². The summed E-state index contributed by atoms with van der Waals surface area (Å²) in [5, 5.41) is 6.80. The van der Waals surface area contributed by atoms with E-state index in [4.69, 9.17) is 4.42 Å². The molecular weight excluding hydrogens is 238 g/mol. The quantitative estimate of drug-likeness (QED) is 0.587. The lowest BCUT2D eigenvalue weighted by molar-refractivity contribution is 0.506. The minimum Gasteiger partial charge on any atom is -0.469 e. The molecule has 1 aliphatic carbocycles. The molecule has 0 aliphatic heterocycles. The molecular formula is C15H25N3O. The van der Waals surface area contributed by atoms with Crippen LogP contribution in [-0.2, 0) is 6.42 Å². The first kappa shape index (κ1) is 14.0. The van der Waals surface area contributed by atoms with Crippen LogP contribution in [0.2, 0.25) is 0 Å². The van der Waals surface area contributed by atoms with Crippen LogP contribution in [0.5, 0.6) is 0 Å². The van der Waals surface area contributed by atoms with Gasteiger partial charge in [-0.3, -0.25) is 4.99 Å². The highest BCUT2D eigenvalue weighted by Crippen LogP contribution is 2.27. The summed E-state index contributed by atoms with van der Waals surface area (Å²) in [6.45, 7) is 7.13. The van der Waals surface area contributed by atoms with Gasteiger partial charge in [-0.2, -0.15) is 0 Å². The minimum absolute atomic E-state index is 0.588. The van der Waals surface area contributed by atoms with Crippen LogP contribution < -0.4 is 10.6 Å². The fourth-order valence-corrected chi connectivity index (χ4v) is 1.77. The van der Waals surface area contributed by atoms with Crippen LogP contribution in [0.25, 0.3) is 0 Å². The highest BCUT2D eigenvalue weighted by atomic mass is 16.3. The molecule has 1 aromatic rings. The molecule has 1 aliphatic rings. The maximum Gasteiger partial charge on any atom is 0.191 e. The minimum atomic E-state index is 0.588. The molecule has 1 saturated carbocycles. The second-order valence-corrected chi connectivity index (χ2v) is 5.66. The standard InChI is InChI=1S/C15H25N3O/c1-12(2)10-17-15(18-11-13-5-6-13)16-8-7-14-4-3-9-19-14/h3-4,9,12-13H,5-8,10-11H2,1-2H3,(H2,16,17,18). The molecule has 4 heteroatoms. The fourth-order valence-electron chi connectivity index (χ4n) is 1.77. The molecule has 19 heavy (non-hydrogen) atoms. The Kier molecular flexibility index (Phi) is 5.31. The van der Waals surface area contributed by atoms with E-state index in [0.717, 1.165) is 43.7 Å². The van der Waals surface area contributed by atoms with Crippen molar-refractivity contribution in [3.63, 3.8) is 0 Å². The lowest BCUT2D eigenvalue weighted by atomic mass is 10.2. The summed E-state index contributed by atoms with van der Waals surface area (Å²) < 4.78 is 5.32. The molecule has 4 nitrogen and oxygen atoms in total. The van der Waals surface area contributed by atoms with Crippen molar-refractivity contribution in [3.05, 3.63) is 24.2 Å². The SMILES string of the molecule is CC(C)CN=C(NCCc1ccco1)NCC1CC1. The van der Waals surface area contributed by atoms with Crippen LogP contribution in [0.4, 0.5) is 0 Å². The van der Waals surface area contributed by atoms with Crippen LogP contribution in [0, 0.1) is 11.8 Å². The van der Waals surface area contributed by atoms with Gasteiger partial charge in [-0.15, -0.1) is 0 Å². The first-order valence-corrected chi connectivity index (χ1v) is 7.28. The maximum atomic E-state index is 5.32. The number of furan rings is 1. The molecule has 0 amide bonds. The Balaban J connectivity index is 1.72. The number of hydrogen-bond donors (Lipinski definition) is 2. The second kappa shape index (κ2) is 7.22. The summed E-state index contributed by atoms with van der Waals surface area (Å²) in [5.41, 5.74) is 0. The summed E-state index contributed by atoms with van der Waals surface area (Å²) in [5.74, 6) is 3.39. The molecule has 1 fully saturated rings. The van der Waals surface area contributed by atoms with E-state index < -0.39 is 0 Å². The van der Waals surface area contributed by atoms with E-state index in [1.807, 2.05) is 12.1 Å². The monoisotopic (exact) mass is 263 g/mol. The molecule has 2 N–H and O–H groups in total. The molecule has 0 bridgehead atoms. The predicted octanol–water partition coefficient (Wildman–Crippen LogP) is 2.42. The van der Waals surface area contributed by atoms with Crippen LogP contribution >= 0.6 is 0 Å². The number of nitrogens with zero attached hydrogens (tertiary/aromatic N) is 1. The third-order valence-corrected chi connectivity index (χ3v) is 3.11. The van der Waals surface area contributed by atoms with E-state index in [9.17, 15) is 0 Å². The number of nitrogens with one attached hydrogen (secondary N) is 2. The van der Waals surface area contributed by atoms with Gasteiger partial charge in [0.05, 0.1) is 6.26 Å². The summed E-state index contributed by atoms with van der Waals surface area (Å²) in [6, 6.07) is 3.93.